The zero-order chi connectivity index (χ0) is 24.8. The molecule has 0 saturated heterocycles. The number of ether oxygens (including phenoxy) is 2. The lowest BCUT2D eigenvalue weighted by molar-refractivity contribution is -0.111. The Morgan fingerprint density at radius 2 is 1.57 bits per heavy atom. The van der Waals surface area contributed by atoms with E-state index in [2.05, 4.69) is 10.4 Å². The zero-order valence-electron chi connectivity index (χ0n) is 20.4. The molecule has 0 bridgehead atoms. The summed E-state index contributed by atoms with van der Waals surface area (Å²) in [6.45, 7) is 4.39. The van der Waals surface area contributed by atoms with E-state index in [1.807, 2.05) is 103 Å². The molecule has 0 aliphatic rings. The van der Waals surface area contributed by atoms with Crippen molar-refractivity contribution in [3.8, 4) is 11.5 Å². The van der Waals surface area contributed by atoms with Gasteiger partial charge in [-0.3, -0.25) is 9.48 Å². The van der Waals surface area contributed by atoms with Gasteiger partial charge in [-0.15, -0.1) is 0 Å². The van der Waals surface area contributed by atoms with Crippen molar-refractivity contribution in [1.82, 2.24) is 9.78 Å². The number of carbonyl (C=O) groups excluding carboxylic acids is 1. The molecular formula is C29H29N3O3. The minimum Gasteiger partial charge on any atom is -0.493 e. The molecule has 6 heteroatoms. The quantitative estimate of drug-likeness (QED) is 0.265. The molecule has 0 atom stereocenters. The Morgan fingerprint density at radius 3 is 2.23 bits per heavy atom. The van der Waals surface area contributed by atoms with Gasteiger partial charge in [-0.1, -0.05) is 66.7 Å². The molecule has 0 fully saturated rings. The number of anilines is 1. The van der Waals surface area contributed by atoms with Gasteiger partial charge in [-0.05, 0) is 48.7 Å². The number of benzene rings is 3. The molecule has 0 spiro atoms. The highest BCUT2D eigenvalue weighted by atomic mass is 16.5. The Kier molecular flexibility index (Phi) is 7.31. The molecule has 4 aromatic rings. The Labute approximate surface area is 205 Å². The SMILES string of the molecule is COc1ccc(Cn2nc(C)c(NC(=O)/C(=C\c3ccccc3)c3ccccc3)c2C)cc1OC. The van der Waals surface area contributed by atoms with Crippen LogP contribution in [0, 0.1) is 13.8 Å². The summed E-state index contributed by atoms with van der Waals surface area (Å²) in [7, 11) is 3.23. The molecule has 0 unspecified atom stereocenters. The Morgan fingerprint density at radius 1 is 0.914 bits per heavy atom. The second-order valence-electron chi connectivity index (χ2n) is 8.18. The molecule has 35 heavy (non-hydrogen) atoms. The van der Waals surface area contributed by atoms with E-state index < -0.39 is 0 Å². The van der Waals surface area contributed by atoms with Gasteiger partial charge in [0.25, 0.3) is 5.91 Å². The summed E-state index contributed by atoms with van der Waals surface area (Å²) in [5.74, 6) is 1.16. The van der Waals surface area contributed by atoms with E-state index in [1.165, 1.54) is 0 Å². The molecule has 0 saturated carbocycles. The number of nitrogens with one attached hydrogen (secondary N) is 1. The summed E-state index contributed by atoms with van der Waals surface area (Å²) in [5.41, 5.74) is 5.75. The van der Waals surface area contributed by atoms with E-state index in [0.717, 1.165) is 28.1 Å². The molecule has 1 amide bonds. The number of nitrogens with zero attached hydrogens (tertiary/aromatic N) is 2. The predicted octanol–water partition coefficient (Wildman–Crippen LogP) is 5.74. The third-order valence-corrected chi connectivity index (χ3v) is 5.84. The summed E-state index contributed by atoms with van der Waals surface area (Å²) < 4.78 is 12.6. The lowest BCUT2D eigenvalue weighted by Gasteiger charge is -2.12. The van der Waals surface area contributed by atoms with Gasteiger partial charge in [0.2, 0.25) is 0 Å². The van der Waals surface area contributed by atoms with Crippen LogP contribution in [-0.2, 0) is 11.3 Å². The first-order valence-corrected chi connectivity index (χ1v) is 11.4. The van der Waals surface area contributed by atoms with Crippen LogP contribution in [0.25, 0.3) is 11.6 Å². The summed E-state index contributed by atoms with van der Waals surface area (Å²) in [4.78, 5) is 13.5. The molecule has 6 nitrogen and oxygen atoms in total. The van der Waals surface area contributed by atoms with Gasteiger partial charge < -0.3 is 14.8 Å². The molecule has 1 N–H and O–H groups in total. The van der Waals surface area contributed by atoms with Crippen molar-refractivity contribution in [1.29, 1.82) is 0 Å². The van der Waals surface area contributed by atoms with Crippen molar-refractivity contribution in [2.45, 2.75) is 20.4 Å². The summed E-state index contributed by atoms with van der Waals surface area (Å²) in [5, 5.41) is 7.79. The van der Waals surface area contributed by atoms with Crippen LogP contribution in [-0.4, -0.2) is 29.9 Å². The van der Waals surface area contributed by atoms with E-state index in [1.54, 1.807) is 14.2 Å². The third-order valence-electron chi connectivity index (χ3n) is 5.84. The van der Waals surface area contributed by atoms with Crippen LogP contribution < -0.4 is 14.8 Å². The Hall–Kier alpha value is -4.32. The number of aryl methyl sites for hydroxylation is 1. The molecule has 3 aromatic carbocycles. The number of amides is 1. The number of hydrogen-bond donors (Lipinski definition) is 1. The van der Waals surface area contributed by atoms with Crippen molar-refractivity contribution in [2.75, 3.05) is 19.5 Å². The lowest BCUT2D eigenvalue weighted by Crippen LogP contribution is -2.15. The zero-order valence-corrected chi connectivity index (χ0v) is 20.4. The van der Waals surface area contributed by atoms with Gasteiger partial charge in [0, 0.05) is 5.57 Å². The van der Waals surface area contributed by atoms with Crippen molar-refractivity contribution in [3.63, 3.8) is 0 Å². The maximum Gasteiger partial charge on any atom is 0.256 e. The first kappa shape index (κ1) is 23.8. The molecule has 1 aromatic heterocycles. The van der Waals surface area contributed by atoms with Crippen molar-refractivity contribution < 1.29 is 14.3 Å². The summed E-state index contributed by atoms with van der Waals surface area (Å²) >= 11 is 0. The fraction of sp³-hybridized carbons (Fsp3) is 0.172. The standard InChI is InChI=1S/C29H29N3O3/c1-20-28(21(2)32(31-20)19-23-15-16-26(34-3)27(18-23)35-4)30-29(33)25(24-13-9-6-10-14-24)17-22-11-7-5-8-12-22/h5-18H,19H2,1-4H3,(H,30,33)/b25-17-. The van der Waals surface area contributed by atoms with Gasteiger partial charge in [0.1, 0.15) is 0 Å². The highest BCUT2D eigenvalue weighted by Crippen LogP contribution is 2.29. The van der Waals surface area contributed by atoms with Gasteiger partial charge in [0.15, 0.2) is 11.5 Å². The molecule has 0 aliphatic heterocycles. The summed E-state index contributed by atoms with van der Waals surface area (Å²) in [6.07, 6.45) is 1.91. The highest BCUT2D eigenvalue weighted by Gasteiger charge is 2.18. The second-order valence-corrected chi connectivity index (χ2v) is 8.18. The normalized spacial score (nSPS) is 11.3. The predicted molar refractivity (Wildman–Crippen MR) is 140 cm³/mol. The van der Waals surface area contributed by atoms with Crippen LogP contribution in [0.3, 0.4) is 0 Å². The van der Waals surface area contributed by atoms with E-state index >= 15 is 0 Å². The molecular weight excluding hydrogens is 438 g/mol. The van der Waals surface area contributed by atoms with Crippen LogP contribution in [0.4, 0.5) is 5.69 Å². The van der Waals surface area contributed by atoms with Gasteiger partial charge in [-0.25, -0.2) is 0 Å². The minimum absolute atomic E-state index is 0.183. The second kappa shape index (κ2) is 10.7. The molecule has 4 rings (SSSR count). The van der Waals surface area contributed by atoms with Crippen molar-refractivity contribution >= 4 is 23.2 Å². The Bertz CT molecular complexity index is 1340. The lowest BCUT2D eigenvalue weighted by atomic mass is 10.0. The first-order valence-electron chi connectivity index (χ1n) is 11.4. The monoisotopic (exact) mass is 467 g/mol. The smallest absolute Gasteiger partial charge is 0.256 e. The topological polar surface area (TPSA) is 65.4 Å². The van der Waals surface area contributed by atoms with E-state index in [0.29, 0.717) is 29.3 Å². The minimum atomic E-state index is -0.183. The van der Waals surface area contributed by atoms with Crippen LogP contribution in [0.15, 0.2) is 78.9 Å². The fourth-order valence-electron chi connectivity index (χ4n) is 3.98. The number of carbonyl (C=O) groups is 1. The number of hydrogen-bond acceptors (Lipinski definition) is 4. The van der Waals surface area contributed by atoms with Crippen LogP contribution >= 0.6 is 0 Å². The number of aromatic nitrogens is 2. The maximum atomic E-state index is 13.5. The average Bonchev–Trinajstić information content (AvgIpc) is 3.15. The van der Waals surface area contributed by atoms with E-state index in [-0.39, 0.29) is 5.91 Å². The van der Waals surface area contributed by atoms with Crippen molar-refractivity contribution in [2.24, 2.45) is 0 Å². The fourth-order valence-corrected chi connectivity index (χ4v) is 3.98. The molecule has 0 aliphatic carbocycles. The van der Waals surface area contributed by atoms with Gasteiger partial charge >= 0.3 is 0 Å². The molecule has 1 heterocycles. The average molecular weight is 468 g/mol. The van der Waals surface area contributed by atoms with Gasteiger partial charge in [-0.2, -0.15) is 5.10 Å². The third kappa shape index (κ3) is 5.44. The van der Waals surface area contributed by atoms with E-state index in [9.17, 15) is 4.79 Å². The summed E-state index contributed by atoms with van der Waals surface area (Å²) in [6, 6.07) is 25.3. The highest BCUT2D eigenvalue weighted by molar-refractivity contribution is 6.29. The van der Waals surface area contributed by atoms with Crippen LogP contribution in [0.1, 0.15) is 28.1 Å². The molecule has 0 radical (unpaired) electrons. The largest absolute Gasteiger partial charge is 0.493 e. The van der Waals surface area contributed by atoms with Crippen LogP contribution in [0.2, 0.25) is 0 Å². The van der Waals surface area contributed by atoms with Crippen LogP contribution in [0.5, 0.6) is 11.5 Å². The maximum absolute atomic E-state index is 13.5. The van der Waals surface area contributed by atoms with E-state index in [4.69, 9.17) is 9.47 Å². The van der Waals surface area contributed by atoms with Gasteiger partial charge in [0.05, 0.1) is 37.8 Å². The first-order chi connectivity index (χ1) is 17.0. The Balaban J connectivity index is 1.62. The van der Waals surface area contributed by atoms with Crippen molar-refractivity contribution in [3.05, 3.63) is 107 Å². The molecule has 178 valence electrons. The number of rotatable bonds is 8. The number of methoxy groups -OCH3 is 2.